The topological polar surface area (TPSA) is 52.7 Å². The van der Waals surface area contributed by atoms with Crippen LogP contribution >= 0.6 is 0 Å². The Hall–Kier alpha value is -4.64. The second-order valence-electron chi connectivity index (χ2n) is 9.50. The summed E-state index contributed by atoms with van der Waals surface area (Å²) in [5.41, 5.74) is 2.40. The standard InChI is InChI=1S/C33H31N3O2/c1-25(28-17-9-4-10-18-28)35-31(37)34-33(30-21-13-6-14-22-30,24-23-27-15-7-3-8-16-27)36(32(35)38)26(2)29-19-11-5-12-20-29/h3-26H,1-2H3,(H,34,37)/b24-23+/t25-,26-,33?/m0/s1. The van der Waals surface area contributed by atoms with E-state index in [2.05, 4.69) is 5.32 Å². The predicted molar refractivity (Wildman–Crippen MR) is 151 cm³/mol. The van der Waals surface area contributed by atoms with E-state index in [0.29, 0.717) is 0 Å². The number of rotatable bonds is 7. The molecule has 1 aliphatic rings. The highest BCUT2D eigenvalue weighted by Gasteiger charge is 2.52. The molecule has 1 unspecified atom stereocenters. The number of hydrogen-bond acceptors (Lipinski definition) is 2. The van der Waals surface area contributed by atoms with Gasteiger partial charge in [-0.15, -0.1) is 0 Å². The van der Waals surface area contributed by atoms with Gasteiger partial charge in [0.1, 0.15) is 0 Å². The van der Waals surface area contributed by atoms with E-state index >= 15 is 0 Å². The van der Waals surface area contributed by atoms with E-state index in [-0.39, 0.29) is 12.1 Å². The zero-order valence-electron chi connectivity index (χ0n) is 21.6. The molecule has 5 heteroatoms. The molecule has 1 fully saturated rings. The molecule has 3 atom stereocenters. The van der Waals surface area contributed by atoms with Crippen molar-refractivity contribution in [2.75, 3.05) is 0 Å². The minimum Gasteiger partial charge on any atom is -0.307 e. The van der Waals surface area contributed by atoms with Crippen molar-refractivity contribution in [3.05, 3.63) is 150 Å². The molecular formula is C33H31N3O2. The summed E-state index contributed by atoms with van der Waals surface area (Å²) in [6.45, 7) is 3.89. The van der Waals surface area contributed by atoms with Crippen LogP contribution < -0.4 is 5.32 Å². The fraction of sp³-hybridized carbons (Fsp3) is 0.152. The third-order valence-corrected chi connectivity index (χ3v) is 7.18. The molecule has 0 radical (unpaired) electrons. The molecule has 190 valence electrons. The van der Waals surface area contributed by atoms with Gasteiger partial charge in [0.15, 0.2) is 5.66 Å². The van der Waals surface area contributed by atoms with E-state index in [9.17, 15) is 9.59 Å². The smallest absolute Gasteiger partial charge is 0.307 e. The van der Waals surface area contributed by atoms with E-state index in [1.54, 1.807) is 4.90 Å². The molecule has 1 saturated heterocycles. The molecule has 0 spiro atoms. The zero-order chi connectivity index (χ0) is 26.5. The SMILES string of the molecule is C[C@@H](c1ccccc1)N1C(=O)NC(/C=C/c2ccccc2)(c2ccccc2)N([C@@H](C)c2ccccc2)C1=O. The molecule has 0 aliphatic carbocycles. The first kappa shape index (κ1) is 25.0. The Kier molecular flexibility index (Phi) is 7.09. The van der Waals surface area contributed by atoms with Gasteiger partial charge in [-0.05, 0) is 36.6 Å². The lowest BCUT2D eigenvalue weighted by molar-refractivity contribution is 0.0375. The van der Waals surface area contributed by atoms with Gasteiger partial charge in [-0.1, -0.05) is 127 Å². The molecule has 38 heavy (non-hydrogen) atoms. The third-order valence-electron chi connectivity index (χ3n) is 7.18. The van der Waals surface area contributed by atoms with Crippen LogP contribution in [0.4, 0.5) is 9.59 Å². The van der Waals surface area contributed by atoms with Gasteiger partial charge in [-0.2, -0.15) is 0 Å². The average Bonchev–Trinajstić information content (AvgIpc) is 2.97. The summed E-state index contributed by atoms with van der Waals surface area (Å²) in [4.78, 5) is 31.5. The molecule has 0 aromatic heterocycles. The first-order chi connectivity index (χ1) is 18.5. The van der Waals surface area contributed by atoms with Crippen molar-refractivity contribution < 1.29 is 9.59 Å². The Morgan fingerprint density at radius 3 is 1.68 bits per heavy atom. The van der Waals surface area contributed by atoms with Gasteiger partial charge in [0, 0.05) is 5.56 Å². The van der Waals surface area contributed by atoms with Crippen molar-refractivity contribution in [2.45, 2.75) is 31.6 Å². The highest BCUT2D eigenvalue weighted by molar-refractivity contribution is 5.98. The van der Waals surface area contributed by atoms with Gasteiger partial charge in [0.2, 0.25) is 0 Å². The number of nitrogens with one attached hydrogen (secondary N) is 1. The van der Waals surface area contributed by atoms with Crippen molar-refractivity contribution in [3.63, 3.8) is 0 Å². The van der Waals surface area contributed by atoms with Crippen LogP contribution in [0.3, 0.4) is 0 Å². The molecule has 5 nitrogen and oxygen atoms in total. The number of carbonyl (C=O) groups is 2. The maximum Gasteiger partial charge on any atom is 0.331 e. The maximum absolute atomic E-state index is 14.5. The molecule has 5 rings (SSSR count). The van der Waals surface area contributed by atoms with Crippen LogP contribution in [0.5, 0.6) is 0 Å². The van der Waals surface area contributed by atoms with E-state index in [1.165, 1.54) is 4.90 Å². The van der Waals surface area contributed by atoms with Crippen LogP contribution in [0.2, 0.25) is 0 Å². The van der Waals surface area contributed by atoms with E-state index < -0.39 is 17.7 Å². The minimum absolute atomic E-state index is 0.351. The van der Waals surface area contributed by atoms with Crippen molar-refractivity contribution >= 4 is 18.1 Å². The molecule has 1 heterocycles. The second-order valence-corrected chi connectivity index (χ2v) is 9.50. The molecule has 4 aromatic rings. The summed E-state index contributed by atoms with van der Waals surface area (Å²) < 4.78 is 0. The Morgan fingerprint density at radius 2 is 1.13 bits per heavy atom. The lowest BCUT2D eigenvalue weighted by Gasteiger charge is -2.52. The first-order valence-corrected chi connectivity index (χ1v) is 12.9. The van der Waals surface area contributed by atoms with E-state index in [0.717, 1.165) is 22.3 Å². The average molecular weight is 502 g/mol. The highest BCUT2D eigenvalue weighted by atomic mass is 16.2. The van der Waals surface area contributed by atoms with Crippen LogP contribution in [0, 0.1) is 0 Å². The van der Waals surface area contributed by atoms with Gasteiger partial charge in [-0.25, -0.2) is 14.5 Å². The molecular weight excluding hydrogens is 470 g/mol. The predicted octanol–water partition coefficient (Wildman–Crippen LogP) is 7.52. The molecule has 0 saturated carbocycles. The normalized spacial score (nSPS) is 19.3. The van der Waals surface area contributed by atoms with Crippen LogP contribution in [-0.4, -0.2) is 21.9 Å². The van der Waals surface area contributed by atoms with Crippen LogP contribution in [0.15, 0.2) is 127 Å². The molecule has 4 amide bonds. The Balaban J connectivity index is 1.68. The summed E-state index contributed by atoms with van der Waals surface area (Å²) in [5.74, 6) is 0. The largest absolute Gasteiger partial charge is 0.331 e. The monoisotopic (exact) mass is 501 g/mol. The Labute approximate surface area is 224 Å². The quantitative estimate of drug-likeness (QED) is 0.285. The van der Waals surface area contributed by atoms with Gasteiger partial charge in [-0.3, -0.25) is 4.90 Å². The number of carbonyl (C=O) groups excluding carboxylic acids is 2. The van der Waals surface area contributed by atoms with Crippen molar-refractivity contribution in [3.8, 4) is 0 Å². The van der Waals surface area contributed by atoms with E-state index in [1.807, 2.05) is 147 Å². The van der Waals surface area contributed by atoms with Gasteiger partial charge in [0.25, 0.3) is 0 Å². The van der Waals surface area contributed by atoms with Crippen molar-refractivity contribution in [1.29, 1.82) is 0 Å². The number of amides is 4. The summed E-state index contributed by atoms with van der Waals surface area (Å²) >= 11 is 0. The lowest BCUT2D eigenvalue weighted by atomic mass is 9.91. The van der Waals surface area contributed by atoms with Crippen molar-refractivity contribution in [2.24, 2.45) is 0 Å². The number of urea groups is 2. The molecule has 1 aliphatic heterocycles. The fourth-order valence-corrected chi connectivity index (χ4v) is 5.11. The Bertz CT molecular complexity index is 1410. The summed E-state index contributed by atoms with van der Waals surface area (Å²) in [6, 6.07) is 37.5. The van der Waals surface area contributed by atoms with E-state index in [4.69, 9.17) is 0 Å². The summed E-state index contributed by atoms with van der Waals surface area (Å²) in [5, 5.41) is 3.25. The van der Waals surface area contributed by atoms with Crippen LogP contribution in [-0.2, 0) is 5.66 Å². The number of imide groups is 1. The molecule has 0 bridgehead atoms. The number of benzene rings is 4. The highest BCUT2D eigenvalue weighted by Crippen LogP contribution is 2.41. The van der Waals surface area contributed by atoms with Gasteiger partial charge < -0.3 is 5.32 Å². The minimum atomic E-state index is -1.21. The number of nitrogens with zero attached hydrogens (tertiary/aromatic N) is 2. The molecule has 1 N–H and O–H groups in total. The van der Waals surface area contributed by atoms with Gasteiger partial charge >= 0.3 is 12.1 Å². The molecule has 4 aromatic carbocycles. The summed E-state index contributed by atoms with van der Waals surface area (Å²) in [7, 11) is 0. The zero-order valence-corrected chi connectivity index (χ0v) is 21.6. The van der Waals surface area contributed by atoms with Gasteiger partial charge in [0.05, 0.1) is 12.1 Å². The lowest BCUT2D eigenvalue weighted by Crippen LogP contribution is -2.70. The number of hydrogen-bond donors (Lipinski definition) is 1. The van der Waals surface area contributed by atoms with Crippen molar-refractivity contribution in [1.82, 2.24) is 15.1 Å². The fourth-order valence-electron chi connectivity index (χ4n) is 5.11. The summed E-state index contributed by atoms with van der Waals surface area (Å²) in [6.07, 6.45) is 3.89. The Morgan fingerprint density at radius 1 is 0.658 bits per heavy atom. The van der Waals surface area contributed by atoms with Crippen LogP contribution in [0.1, 0.15) is 48.2 Å². The maximum atomic E-state index is 14.5. The first-order valence-electron chi connectivity index (χ1n) is 12.9. The van der Waals surface area contributed by atoms with Crippen LogP contribution in [0.25, 0.3) is 6.08 Å². The second kappa shape index (κ2) is 10.8. The third kappa shape index (κ3) is 4.71.